The van der Waals surface area contributed by atoms with Gasteiger partial charge in [0.1, 0.15) is 12.6 Å². The SMILES string of the molecule is CC1CCCC(C(C(=O)O)N(C(=O)OCc2ccccc2)C2CC2)C1. The molecule has 3 rings (SSSR count). The van der Waals surface area contributed by atoms with Crippen molar-refractivity contribution in [2.45, 2.75) is 64.1 Å². The van der Waals surface area contributed by atoms with Gasteiger partial charge in [-0.05, 0) is 43.1 Å². The lowest BCUT2D eigenvalue weighted by atomic mass is 9.78. The molecular formula is C20H27NO4. The van der Waals surface area contributed by atoms with Gasteiger partial charge < -0.3 is 9.84 Å². The molecule has 1 aromatic rings. The van der Waals surface area contributed by atoms with Gasteiger partial charge in [-0.1, -0.05) is 50.1 Å². The first-order valence-electron chi connectivity index (χ1n) is 9.28. The van der Waals surface area contributed by atoms with Gasteiger partial charge >= 0.3 is 12.1 Å². The molecule has 3 unspecified atom stereocenters. The van der Waals surface area contributed by atoms with Gasteiger partial charge in [0, 0.05) is 6.04 Å². The second kappa shape index (κ2) is 7.89. The van der Waals surface area contributed by atoms with Crippen LogP contribution in [0.4, 0.5) is 4.79 Å². The monoisotopic (exact) mass is 345 g/mol. The predicted octanol–water partition coefficient (Wildman–Crippen LogP) is 4.07. The molecule has 0 bridgehead atoms. The quantitative estimate of drug-likeness (QED) is 0.844. The molecule has 2 aliphatic rings. The van der Waals surface area contributed by atoms with Crippen molar-refractivity contribution in [3.05, 3.63) is 35.9 Å². The summed E-state index contributed by atoms with van der Waals surface area (Å²) in [7, 11) is 0. The zero-order chi connectivity index (χ0) is 17.8. The average Bonchev–Trinajstić information content (AvgIpc) is 3.42. The minimum absolute atomic E-state index is 0.0154. The third kappa shape index (κ3) is 4.53. The molecule has 0 saturated heterocycles. The molecule has 0 radical (unpaired) electrons. The highest BCUT2D eigenvalue weighted by Gasteiger charge is 2.45. The standard InChI is InChI=1S/C20H27NO4/c1-14-6-5-9-16(12-14)18(19(22)23)21(17-10-11-17)20(24)25-13-15-7-3-2-4-8-15/h2-4,7-8,14,16-18H,5-6,9-13H2,1H3,(H,22,23). The second-order valence-corrected chi connectivity index (χ2v) is 7.49. The van der Waals surface area contributed by atoms with Crippen LogP contribution in [0.1, 0.15) is 51.0 Å². The Bertz CT molecular complexity index is 599. The third-order valence-electron chi connectivity index (χ3n) is 5.33. The van der Waals surface area contributed by atoms with Crippen molar-refractivity contribution in [1.29, 1.82) is 0 Å². The lowest BCUT2D eigenvalue weighted by Crippen LogP contribution is -2.51. The van der Waals surface area contributed by atoms with E-state index in [1.54, 1.807) is 0 Å². The lowest BCUT2D eigenvalue weighted by Gasteiger charge is -2.37. The van der Waals surface area contributed by atoms with E-state index in [4.69, 9.17) is 4.74 Å². The molecule has 0 aromatic heterocycles. The van der Waals surface area contributed by atoms with E-state index in [1.165, 1.54) is 4.90 Å². The normalized spacial score (nSPS) is 24.4. The molecule has 3 atom stereocenters. The highest BCUT2D eigenvalue weighted by molar-refractivity contribution is 5.81. The van der Waals surface area contributed by atoms with Crippen molar-refractivity contribution in [1.82, 2.24) is 4.90 Å². The third-order valence-corrected chi connectivity index (χ3v) is 5.33. The summed E-state index contributed by atoms with van der Waals surface area (Å²) in [5.74, 6) is -0.365. The van der Waals surface area contributed by atoms with E-state index >= 15 is 0 Å². The summed E-state index contributed by atoms with van der Waals surface area (Å²) in [6, 6.07) is 8.74. The lowest BCUT2D eigenvalue weighted by molar-refractivity contribution is -0.146. The number of benzene rings is 1. The van der Waals surface area contributed by atoms with Crippen molar-refractivity contribution in [2.24, 2.45) is 11.8 Å². The molecule has 2 aliphatic carbocycles. The van der Waals surface area contributed by atoms with E-state index in [9.17, 15) is 14.7 Å². The van der Waals surface area contributed by atoms with Crippen molar-refractivity contribution in [3.8, 4) is 0 Å². The highest BCUT2D eigenvalue weighted by atomic mass is 16.6. The van der Waals surface area contributed by atoms with Gasteiger partial charge in [-0.15, -0.1) is 0 Å². The van der Waals surface area contributed by atoms with Gasteiger partial charge in [0.2, 0.25) is 0 Å². The number of carbonyl (C=O) groups excluding carboxylic acids is 1. The smallest absolute Gasteiger partial charge is 0.411 e. The van der Waals surface area contributed by atoms with E-state index < -0.39 is 18.1 Å². The first kappa shape index (κ1) is 17.8. The molecule has 2 fully saturated rings. The largest absolute Gasteiger partial charge is 0.480 e. The fraction of sp³-hybridized carbons (Fsp3) is 0.600. The number of carboxylic acid groups (broad SMARTS) is 1. The van der Waals surface area contributed by atoms with Crippen molar-refractivity contribution in [2.75, 3.05) is 0 Å². The first-order valence-corrected chi connectivity index (χ1v) is 9.28. The summed E-state index contributed by atoms with van der Waals surface area (Å²) < 4.78 is 5.46. The topological polar surface area (TPSA) is 66.8 Å². The van der Waals surface area contributed by atoms with Crippen molar-refractivity contribution >= 4 is 12.1 Å². The van der Waals surface area contributed by atoms with E-state index in [0.29, 0.717) is 5.92 Å². The van der Waals surface area contributed by atoms with Gasteiger partial charge in [-0.2, -0.15) is 0 Å². The minimum Gasteiger partial charge on any atom is -0.480 e. The fourth-order valence-electron chi connectivity index (χ4n) is 3.95. The Morgan fingerprint density at radius 2 is 1.92 bits per heavy atom. The number of aliphatic carboxylic acids is 1. The molecule has 25 heavy (non-hydrogen) atoms. The molecule has 1 N–H and O–H groups in total. The Labute approximate surface area is 149 Å². The Kier molecular flexibility index (Phi) is 5.61. The molecule has 5 nitrogen and oxygen atoms in total. The summed E-state index contributed by atoms with van der Waals surface area (Å²) in [4.78, 5) is 26.2. The van der Waals surface area contributed by atoms with E-state index in [1.807, 2.05) is 30.3 Å². The number of ether oxygens (including phenoxy) is 1. The van der Waals surface area contributed by atoms with Gasteiger partial charge in [-0.3, -0.25) is 4.90 Å². The molecule has 1 amide bonds. The molecule has 5 heteroatoms. The molecule has 2 saturated carbocycles. The van der Waals surface area contributed by atoms with Crippen molar-refractivity contribution in [3.63, 3.8) is 0 Å². The molecule has 0 heterocycles. The van der Waals surface area contributed by atoms with Crippen LogP contribution in [0.25, 0.3) is 0 Å². The predicted molar refractivity (Wildman–Crippen MR) is 94.0 cm³/mol. The van der Waals surface area contributed by atoms with Crippen LogP contribution in [0.5, 0.6) is 0 Å². The number of hydrogen-bond acceptors (Lipinski definition) is 3. The number of amides is 1. The second-order valence-electron chi connectivity index (χ2n) is 7.49. The van der Waals surface area contributed by atoms with E-state index in [-0.39, 0.29) is 18.6 Å². The number of rotatable bonds is 6. The van der Waals surface area contributed by atoms with Gasteiger partial charge in [0.05, 0.1) is 0 Å². The number of nitrogens with zero attached hydrogens (tertiary/aromatic N) is 1. The summed E-state index contributed by atoms with van der Waals surface area (Å²) in [6.45, 7) is 2.34. The van der Waals surface area contributed by atoms with Gasteiger partial charge in [0.15, 0.2) is 0 Å². The van der Waals surface area contributed by atoms with Crippen LogP contribution in [-0.4, -0.2) is 34.2 Å². The number of carbonyl (C=O) groups is 2. The Hall–Kier alpha value is -2.04. The van der Waals surface area contributed by atoms with Crippen LogP contribution in [-0.2, 0) is 16.1 Å². The molecule has 136 valence electrons. The first-order chi connectivity index (χ1) is 12.1. The van der Waals surface area contributed by atoms with E-state index in [2.05, 4.69) is 6.92 Å². The molecule has 0 spiro atoms. The van der Waals surface area contributed by atoms with Crippen LogP contribution in [0, 0.1) is 11.8 Å². The Balaban J connectivity index is 1.71. The summed E-state index contributed by atoms with van der Waals surface area (Å²) >= 11 is 0. The zero-order valence-electron chi connectivity index (χ0n) is 14.8. The minimum atomic E-state index is -0.900. The summed E-state index contributed by atoms with van der Waals surface area (Å²) in [6.07, 6.45) is 5.16. The fourth-order valence-corrected chi connectivity index (χ4v) is 3.95. The maximum atomic E-state index is 12.7. The van der Waals surface area contributed by atoms with Crippen LogP contribution in [0.2, 0.25) is 0 Å². The average molecular weight is 345 g/mol. The Morgan fingerprint density at radius 1 is 1.20 bits per heavy atom. The molecule has 1 aromatic carbocycles. The summed E-state index contributed by atoms with van der Waals surface area (Å²) in [5, 5.41) is 9.84. The van der Waals surface area contributed by atoms with Crippen LogP contribution >= 0.6 is 0 Å². The number of hydrogen-bond donors (Lipinski definition) is 1. The van der Waals surface area contributed by atoms with Crippen LogP contribution in [0.3, 0.4) is 0 Å². The Morgan fingerprint density at radius 3 is 2.52 bits per heavy atom. The van der Waals surface area contributed by atoms with Gasteiger partial charge in [0.25, 0.3) is 0 Å². The maximum absolute atomic E-state index is 12.7. The van der Waals surface area contributed by atoms with E-state index in [0.717, 1.165) is 44.1 Å². The van der Waals surface area contributed by atoms with Gasteiger partial charge in [-0.25, -0.2) is 9.59 Å². The maximum Gasteiger partial charge on any atom is 0.411 e. The van der Waals surface area contributed by atoms with Crippen molar-refractivity contribution < 1.29 is 19.4 Å². The molecule has 0 aliphatic heterocycles. The zero-order valence-corrected chi connectivity index (χ0v) is 14.8. The van der Waals surface area contributed by atoms with Crippen LogP contribution < -0.4 is 0 Å². The molecular weight excluding hydrogens is 318 g/mol. The highest BCUT2D eigenvalue weighted by Crippen LogP contribution is 2.38. The number of carboxylic acids is 1. The van der Waals surface area contributed by atoms with Crippen LogP contribution in [0.15, 0.2) is 30.3 Å². The summed E-state index contributed by atoms with van der Waals surface area (Å²) in [5.41, 5.74) is 0.907.